The summed E-state index contributed by atoms with van der Waals surface area (Å²) in [5, 5.41) is 6.18. The monoisotopic (exact) mass is 262 g/mol. The summed E-state index contributed by atoms with van der Waals surface area (Å²) in [7, 11) is 0. The molecule has 0 bridgehead atoms. The highest BCUT2D eigenvalue weighted by Gasteiger charge is 2.21. The van der Waals surface area contributed by atoms with Crippen molar-refractivity contribution in [2.45, 2.75) is 32.2 Å². The van der Waals surface area contributed by atoms with E-state index in [-0.39, 0.29) is 11.9 Å². The summed E-state index contributed by atoms with van der Waals surface area (Å²) in [6.07, 6.45) is 2.90. The van der Waals surface area contributed by atoms with E-state index in [4.69, 9.17) is 4.74 Å². The molecule has 1 aromatic carbocycles. The number of hydrogen-bond acceptors (Lipinski definition) is 3. The molecule has 0 spiro atoms. The number of rotatable bonds is 6. The Kier molecular flexibility index (Phi) is 5.21. The van der Waals surface area contributed by atoms with Gasteiger partial charge in [-0.15, -0.1) is 0 Å². The van der Waals surface area contributed by atoms with Crippen LogP contribution in [0.2, 0.25) is 0 Å². The highest BCUT2D eigenvalue weighted by Crippen LogP contribution is 2.12. The summed E-state index contributed by atoms with van der Waals surface area (Å²) < 4.78 is 5.39. The van der Waals surface area contributed by atoms with Crippen LogP contribution in [-0.2, 0) is 11.2 Å². The number of carbonyl (C=O) groups is 1. The fraction of sp³-hybridized carbons (Fsp3) is 0.533. The lowest BCUT2D eigenvalue weighted by molar-refractivity contribution is -0.122. The predicted molar refractivity (Wildman–Crippen MR) is 75.3 cm³/mol. The lowest BCUT2D eigenvalue weighted by atomic mass is 10.1. The molecule has 0 radical (unpaired) electrons. The Hall–Kier alpha value is -1.55. The molecular formula is C15H22N2O2. The molecule has 0 saturated carbocycles. The van der Waals surface area contributed by atoms with Gasteiger partial charge in [0.2, 0.25) is 5.91 Å². The van der Waals surface area contributed by atoms with Crippen LogP contribution in [0.15, 0.2) is 24.3 Å². The Morgan fingerprint density at radius 2 is 2.21 bits per heavy atom. The van der Waals surface area contributed by atoms with E-state index in [0.29, 0.717) is 13.2 Å². The quantitative estimate of drug-likeness (QED) is 0.817. The normalized spacial score (nSPS) is 18.3. The molecule has 4 heteroatoms. The second kappa shape index (κ2) is 7.14. The van der Waals surface area contributed by atoms with Crippen molar-refractivity contribution in [1.82, 2.24) is 10.6 Å². The van der Waals surface area contributed by atoms with Crippen LogP contribution < -0.4 is 15.4 Å². The van der Waals surface area contributed by atoms with E-state index in [9.17, 15) is 4.79 Å². The lowest BCUT2D eigenvalue weighted by Gasteiger charge is -2.11. The zero-order chi connectivity index (χ0) is 13.5. The summed E-state index contributed by atoms with van der Waals surface area (Å²) in [5.74, 6) is 1.02. The molecule has 2 N–H and O–H groups in total. The first-order valence-electron chi connectivity index (χ1n) is 7.02. The molecule has 4 nitrogen and oxygen atoms in total. The van der Waals surface area contributed by atoms with Crippen molar-refractivity contribution in [2.24, 2.45) is 0 Å². The average Bonchev–Trinajstić information content (AvgIpc) is 2.95. The van der Waals surface area contributed by atoms with Gasteiger partial charge in [0.25, 0.3) is 0 Å². The summed E-state index contributed by atoms with van der Waals surface area (Å²) in [6.45, 7) is 4.30. The molecule has 1 atom stereocenters. The number of benzene rings is 1. The van der Waals surface area contributed by atoms with E-state index in [0.717, 1.165) is 31.6 Å². The minimum atomic E-state index is 0.0142. The molecule has 104 valence electrons. The Balaban J connectivity index is 1.71. The fourth-order valence-electron chi connectivity index (χ4n) is 2.28. The molecule has 1 aliphatic heterocycles. The third-order valence-corrected chi connectivity index (χ3v) is 3.32. The summed E-state index contributed by atoms with van der Waals surface area (Å²) >= 11 is 0. The summed E-state index contributed by atoms with van der Waals surface area (Å²) in [5.41, 5.74) is 1.21. The number of amides is 1. The van der Waals surface area contributed by atoms with Crippen LogP contribution in [0.3, 0.4) is 0 Å². The maximum absolute atomic E-state index is 11.8. The van der Waals surface area contributed by atoms with Gasteiger partial charge >= 0.3 is 0 Å². The Bertz CT molecular complexity index is 397. The summed E-state index contributed by atoms with van der Waals surface area (Å²) in [6, 6.07) is 8.05. The van der Waals surface area contributed by atoms with Crippen molar-refractivity contribution in [3.8, 4) is 5.75 Å². The molecule has 1 aromatic rings. The van der Waals surface area contributed by atoms with Crippen molar-refractivity contribution in [1.29, 1.82) is 0 Å². The average molecular weight is 262 g/mol. The second-order valence-electron chi connectivity index (χ2n) is 4.77. The molecule has 1 amide bonds. The molecule has 1 heterocycles. The predicted octanol–water partition coefficient (Wildman–Crippen LogP) is 1.50. The third kappa shape index (κ3) is 4.24. The first-order chi connectivity index (χ1) is 9.29. The van der Waals surface area contributed by atoms with Crippen LogP contribution in [0, 0.1) is 0 Å². The van der Waals surface area contributed by atoms with E-state index in [2.05, 4.69) is 10.6 Å². The van der Waals surface area contributed by atoms with Gasteiger partial charge in [0.15, 0.2) is 0 Å². The largest absolute Gasteiger partial charge is 0.494 e. The van der Waals surface area contributed by atoms with Crippen molar-refractivity contribution in [2.75, 3.05) is 19.7 Å². The lowest BCUT2D eigenvalue weighted by Crippen LogP contribution is -2.41. The van der Waals surface area contributed by atoms with Gasteiger partial charge in [0.1, 0.15) is 5.75 Å². The van der Waals surface area contributed by atoms with Gasteiger partial charge in [-0.1, -0.05) is 12.1 Å². The van der Waals surface area contributed by atoms with Crippen LogP contribution >= 0.6 is 0 Å². The minimum Gasteiger partial charge on any atom is -0.494 e. The molecule has 1 fully saturated rings. The SMILES string of the molecule is CCOc1ccc(CCNC(=O)C2CCCN2)cc1. The maximum atomic E-state index is 11.8. The Labute approximate surface area is 114 Å². The minimum absolute atomic E-state index is 0.0142. The second-order valence-corrected chi connectivity index (χ2v) is 4.77. The highest BCUT2D eigenvalue weighted by molar-refractivity contribution is 5.81. The van der Waals surface area contributed by atoms with Gasteiger partial charge in [0, 0.05) is 6.54 Å². The van der Waals surface area contributed by atoms with Crippen LogP contribution in [0.5, 0.6) is 5.75 Å². The molecule has 1 saturated heterocycles. The van der Waals surface area contributed by atoms with Crippen molar-refractivity contribution < 1.29 is 9.53 Å². The molecule has 19 heavy (non-hydrogen) atoms. The molecule has 0 aliphatic carbocycles. The van der Waals surface area contributed by atoms with E-state index in [1.807, 2.05) is 31.2 Å². The van der Waals surface area contributed by atoms with Gasteiger partial charge in [-0.25, -0.2) is 0 Å². The highest BCUT2D eigenvalue weighted by atomic mass is 16.5. The van der Waals surface area contributed by atoms with Crippen molar-refractivity contribution in [3.63, 3.8) is 0 Å². The van der Waals surface area contributed by atoms with Gasteiger partial charge < -0.3 is 15.4 Å². The van der Waals surface area contributed by atoms with Crippen LogP contribution in [0.25, 0.3) is 0 Å². The van der Waals surface area contributed by atoms with E-state index in [1.54, 1.807) is 0 Å². The summed E-state index contributed by atoms with van der Waals surface area (Å²) in [4.78, 5) is 11.8. The first kappa shape index (κ1) is 13.9. The number of carbonyl (C=O) groups excluding carboxylic acids is 1. The van der Waals surface area contributed by atoms with Gasteiger partial charge in [-0.3, -0.25) is 4.79 Å². The van der Waals surface area contributed by atoms with Crippen molar-refractivity contribution in [3.05, 3.63) is 29.8 Å². The van der Waals surface area contributed by atoms with Crippen LogP contribution in [0.4, 0.5) is 0 Å². The van der Waals surface area contributed by atoms with Crippen molar-refractivity contribution >= 4 is 5.91 Å². The third-order valence-electron chi connectivity index (χ3n) is 3.32. The van der Waals surface area contributed by atoms with Gasteiger partial charge in [0.05, 0.1) is 12.6 Å². The number of ether oxygens (including phenoxy) is 1. The number of nitrogens with one attached hydrogen (secondary N) is 2. The topological polar surface area (TPSA) is 50.4 Å². The molecular weight excluding hydrogens is 240 g/mol. The molecule has 1 aliphatic rings. The standard InChI is InChI=1S/C15H22N2O2/c1-2-19-13-7-5-12(6-8-13)9-11-17-15(18)14-4-3-10-16-14/h5-8,14,16H,2-4,9-11H2,1H3,(H,17,18). The molecule has 2 rings (SSSR count). The molecule has 0 aromatic heterocycles. The van der Waals surface area contributed by atoms with E-state index >= 15 is 0 Å². The zero-order valence-electron chi connectivity index (χ0n) is 11.4. The molecule has 1 unspecified atom stereocenters. The van der Waals surface area contributed by atoms with E-state index in [1.165, 1.54) is 5.56 Å². The fourth-order valence-corrected chi connectivity index (χ4v) is 2.28. The van der Waals surface area contributed by atoms with Crippen LogP contribution in [0.1, 0.15) is 25.3 Å². The first-order valence-corrected chi connectivity index (χ1v) is 7.02. The smallest absolute Gasteiger partial charge is 0.237 e. The van der Waals surface area contributed by atoms with Crippen LogP contribution in [-0.4, -0.2) is 31.6 Å². The maximum Gasteiger partial charge on any atom is 0.237 e. The Morgan fingerprint density at radius 3 is 2.84 bits per heavy atom. The van der Waals surface area contributed by atoms with Gasteiger partial charge in [-0.2, -0.15) is 0 Å². The number of hydrogen-bond donors (Lipinski definition) is 2. The zero-order valence-corrected chi connectivity index (χ0v) is 11.4. The van der Waals surface area contributed by atoms with Gasteiger partial charge in [-0.05, 0) is 50.4 Å². The van der Waals surface area contributed by atoms with E-state index < -0.39 is 0 Å². The Morgan fingerprint density at radius 1 is 1.42 bits per heavy atom.